The Hall–Kier alpha value is -2.66. The van der Waals surface area contributed by atoms with Crippen LogP contribution in [0.2, 0.25) is 0 Å². The van der Waals surface area contributed by atoms with Crippen LogP contribution in [0.15, 0.2) is 24.3 Å². The standard InChI is InChI=1S/C28H36N2O3/c1-4-21-8-10-22(11-9-21)28-20(3)25-17-29(18-26(31)30-13-6-5-7-14-30)15-12-23(25)19(2)24(28)16-27(32)33/h8-11H,4-7,12-18H2,1-3H3,(H,32,33). The highest BCUT2D eigenvalue weighted by Gasteiger charge is 2.28. The molecular formula is C28H36N2O3. The zero-order valence-electron chi connectivity index (χ0n) is 20.2. The van der Waals surface area contributed by atoms with Gasteiger partial charge in [0.05, 0.1) is 13.0 Å². The molecule has 0 unspecified atom stereocenters. The lowest BCUT2D eigenvalue weighted by molar-refractivity contribution is -0.136. The van der Waals surface area contributed by atoms with Crippen molar-refractivity contribution in [1.82, 2.24) is 9.80 Å². The number of fused-ring (bicyclic) bond motifs is 1. The molecule has 0 spiro atoms. The lowest BCUT2D eigenvalue weighted by Crippen LogP contribution is -2.44. The van der Waals surface area contributed by atoms with Crippen molar-refractivity contribution in [2.24, 2.45) is 0 Å². The van der Waals surface area contributed by atoms with Gasteiger partial charge in [0.2, 0.25) is 5.91 Å². The number of aryl methyl sites for hydroxylation is 1. The molecule has 2 aliphatic heterocycles. The van der Waals surface area contributed by atoms with Crippen LogP contribution < -0.4 is 0 Å². The summed E-state index contributed by atoms with van der Waals surface area (Å²) in [5.41, 5.74) is 9.15. The minimum Gasteiger partial charge on any atom is -0.481 e. The van der Waals surface area contributed by atoms with Crippen LogP contribution in [-0.2, 0) is 35.4 Å². The fourth-order valence-corrected chi connectivity index (χ4v) is 5.56. The smallest absolute Gasteiger partial charge is 0.307 e. The van der Waals surface area contributed by atoms with E-state index < -0.39 is 5.97 Å². The third kappa shape index (κ3) is 4.98. The number of piperidine rings is 1. The van der Waals surface area contributed by atoms with Gasteiger partial charge in [-0.2, -0.15) is 0 Å². The van der Waals surface area contributed by atoms with Gasteiger partial charge in [-0.3, -0.25) is 14.5 Å². The average molecular weight is 449 g/mol. The van der Waals surface area contributed by atoms with Gasteiger partial charge in [0.25, 0.3) is 0 Å². The van der Waals surface area contributed by atoms with Gasteiger partial charge in [0.1, 0.15) is 0 Å². The number of amides is 1. The lowest BCUT2D eigenvalue weighted by Gasteiger charge is -2.35. The maximum absolute atomic E-state index is 12.9. The first-order chi connectivity index (χ1) is 15.9. The summed E-state index contributed by atoms with van der Waals surface area (Å²) in [4.78, 5) is 28.9. The summed E-state index contributed by atoms with van der Waals surface area (Å²) in [7, 11) is 0. The zero-order chi connectivity index (χ0) is 23.5. The van der Waals surface area contributed by atoms with Gasteiger partial charge in [-0.25, -0.2) is 0 Å². The Bertz CT molecular complexity index is 1040. The molecule has 2 aliphatic rings. The number of carboxylic acid groups (broad SMARTS) is 1. The van der Waals surface area contributed by atoms with Gasteiger partial charge < -0.3 is 10.0 Å². The number of aliphatic carboxylic acids is 1. The summed E-state index contributed by atoms with van der Waals surface area (Å²) in [6, 6.07) is 8.52. The first-order valence-corrected chi connectivity index (χ1v) is 12.3. The van der Waals surface area contributed by atoms with Gasteiger partial charge in [-0.05, 0) is 90.5 Å². The second-order valence-corrected chi connectivity index (χ2v) is 9.58. The van der Waals surface area contributed by atoms with Gasteiger partial charge in [-0.15, -0.1) is 0 Å². The predicted molar refractivity (Wildman–Crippen MR) is 131 cm³/mol. The molecule has 1 saturated heterocycles. The van der Waals surface area contributed by atoms with Crippen molar-refractivity contribution in [3.05, 3.63) is 57.6 Å². The fourth-order valence-electron chi connectivity index (χ4n) is 5.56. The monoisotopic (exact) mass is 448 g/mol. The van der Waals surface area contributed by atoms with E-state index in [0.717, 1.165) is 79.7 Å². The number of benzene rings is 2. The number of carbonyl (C=O) groups is 2. The van der Waals surface area contributed by atoms with E-state index in [2.05, 4.69) is 49.9 Å². The molecule has 33 heavy (non-hydrogen) atoms. The summed E-state index contributed by atoms with van der Waals surface area (Å²) < 4.78 is 0. The highest BCUT2D eigenvalue weighted by molar-refractivity contribution is 5.82. The zero-order valence-corrected chi connectivity index (χ0v) is 20.2. The molecule has 2 aromatic carbocycles. The van der Waals surface area contributed by atoms with Crippen molar-refractivity contribution < 1.29 is 14.7 Å². The maximum Gasteiger partial charge on any atom is 0.307 e. The van der Waals surface area contributed by atoms with Crippen LogP contribution in [-0.4, -0.2) is 53.0 Å². The summed E-state index contributed by atoms with van der Waals surface area (Å²) in [6.45, 7) is 10.2. The molecule has 0 aromatic heterocycles. The molecule has 5 heteroatoms. The van der Waals surface area contributed by atoms with Crippen LogP contribution in [0.1, 0.15) is 59.6 Å². The molecule has 0 radical (unpaired) electrons. The van der Waals surface area contributed by atoms with Crippen molar-refractivity contribution >= 4 is 11.9 Å². The van der Waals surface area contributed by atoms with Crippen LogP contribution >= 0.6 is 0 Å². The SMILES string of the molecule is CCc1ccc(-c2c(C)c3c(c(C)c2CC(=O)O)CCN(CC(=O)N2CCCCC2)C3)cc1. The third-order valence-corrected chi connectivity index (χ3v) is 7.51. The van der Waals surface area contributed by atoms with E-state index in [1.807, 2.05) is 4.90 Å². The van der Waals surface area contributed by atoms with Crippen molar-refractivity contribution in [2.45, 2.75) is 65.8 Å². The van der Waals surface area contributed by atoms with Crippen LogP contribution in [0.5, 0.6) is 0 Å². The Morgan fingerprint density at radius 3 is 2.27 bits per heavy atom. The van der Waals surface area contributed by atoms with Crippen molar-refractivity contribution in [1.29, 1.82) is 0 Å². The van der Waals surface area contributed by atoms with E-state index in [4.69, 9.17) is 0 Å². The summed E-state index contributed by atoms with van der Waals surface area (Å²) in [6.07, 6.45) is 5.31. The number of carbonyl (C=O) groups excluding carboxylic acids is 1. The number of rotatable bonds is 6. The molecule has 176 valence electrons. The fraction of sp³-hybridized carbons (Fsp3) is 0.500. The molecule has 0 bridgehead atoms. The first-order valence-electron chi connectivity index (χ1n) is 12.3. The Morgan fingerprint density at radius 2 is 1.64 bits per heavy atom. The molecule has 1 fully saturated rings. The summed E-state index contributed by atoms with van der Waals surface area (Å²) in [5.74, 6) is -0.557. The van der Waals surface area contributed by atoms with Crippen molar-refractivity contribution in [2.75, 3.05) is 26.2 Å². The lowest BCUT2D eigenvalue weighted by atomic mass is 9.81. The van der Waals surface area contributed by atoms with Crippen molar-refractivity contribution in [3.8, 4) is 11.1 Å². The first kappa shape index (κ1) is 23.5. The van der Waals surface area contributed by atoms with Gasteiger partial charge in [0.15, 0.2) is 0 Å². The number of hydrogen-bond donors (Lipinski definition) is 1. The molecule has 2 aromatic rings. The topological polar surface area (TPSA) is 60.9 Å². The predicted octanol–water partition coefficient (Wildman–Crippen LogP) is 4.53. The molecule has 2 heterocycles. The van der Waals surface area contributed by atoms with Gasteiger partial charge >= 0.3 is 5.97 Å². The van der Waals surface area contributed by atoms with Crippen LogP contribution in [0.3, 0.4) is 0 Å². The van der Waals surface area contributed by atoms with Gasteiger partial charge in [0, 0.05) is 26.2 Å². The molecule has 0 saturated carbocycles. The third-order valence-electron chi connectivity index (χ3n) is 7.51. The Kier molecular flexibility index (Phi) is 7.18. The highest BCUT2D eigenvalue weighted by atomic mass is 16.4. The second kappa shape index (κ2) is 10.1. The summed E-state index contributed by atoms with van der Waals surface area (Å²) >= 11 is 0. The highest BCUT2D eigenvalue weighted by Crippen LogP contribution is 2.38. The Balaban J connectivity index is 1.68. The number of likely N-dealkylation sites (tertiary alicyclic amines) is 1. The second-order valence-electron chi connectivity index (χ2n) is 9.58. The van der Waals surface area contributed by atoms with Crippen LogP contribution in [0.4, 0.5) is 0 Å². The van der Waals surface area contributed by atoms with Gasteiger partial charge in [-0.1, -0.05) is 31.2 Å². The summed E-state index contributed by atoms with van der Waals surface area (Å²) in [5, 5.41) is 9.65. The Morgan fingerprint density at radius 1 is 0.939 bits per heavy atom. The molecular weight excluding hydrogens is 412 g/mol. The largest absolute Gasteiger partial charge is 0.481 e. The van der Waals surface area contributed by atoms with E-state index in [0.29, 0.717) is 6.54 Å². The van der Waals surface area contributed by atoms with Crippen LogP contribution in [0.25, 0.3) is 11.1 Å². The number of hydrogen-bond acceptors (Lipinski definition) is 3. The van der Waals surface area contributed by atoms with Crippen LogP contribution in [0, 0.1) is 13.8 Å². The van der Waals surface area contributed by atoms with E-state index in [1.165, 1.54) is 23.1 Å². The molecule has 5 nitrogen and oxygen atoms in total. The molecule has 4 rings (SSSR count). The van der Waals surface area contributed by atoms with E-state index in [1.54, 1.807) is 0 Å². The minimum atomic E-state index is -0.798. The quantitative estimate of drug-likeness (QED) is 0.705. The normalized spacial score (nSPS) is 16.5. The van der Waals surface area contributed by atoms with E-state index >= 15 is 0 Å². The molecule has 0 aliphatic carbocycles. The molecule has 1 N–H and O–H groups in total. The molecule has 1 amide bonds. The van der Waals surface area contributed by atoms with E-state index in [-0.39, 0.29) is 12.3 Å². The average Bonchev–Trinajstić information content (AvgIpc) is 2.83. The van der Waals surface area contributed by atoms with E-state index in [9.17, 15) is 14.7 Å². The number of carboxylic acids is 1. The Labute approximate surface area is 197 Å². The molecule has 0 atom stereocenters. The maximum atomic E-state index is 12.9. The van der Waals surface area contributed by atoms with Crippen molar-refractivity contribution in [3.63, 3.8) is 0 Å². The number of nitrogens with zero attached hydrogens (tertiary/aromatic N) is 2. The minimum absolute atomic E-state index is 0.0297.